The fourth-order valence-corrected chi connectivity index (χ4v) is 4.92. The Morgan fingerprint density at radius 3 is 2.74 bits per heavy atom. The molecular weight excluding hydrogens is 358 g/mol. The van der Waals surface area contributed by atoms with Crippen LogP contribution >= 0.6 is 11.3 Å². The Bertz CT molecular complexity index is 799. The number of amides is 2. The fraction of sp³-hybridized carbons (Fsp3) is 0.476. The molecule has 27 heavy (non-hydrogen) atoms. The summed E-state index contributed by atoms with van der Waals surface area (Å²) < 4.78 is 0. The maximum atomic E-state index is 12.7. The molecule has 1 aliphatic heterocycles. The molecule has 1 saturated carbocycles. The lowest BCUT2D eigenvalue weighted by Crippen LogP contribution is -2.49. The largest absolute Gasteiger partial charge is 0.351 e. The van der Waals surface area contributed by atoms with E-state index in [4.69, 9.17) is 0 Å². The lowest BCUT2D eigenvalue weighted by atomic mass is 9.95. The van der Waals surface area contributed by atoms with Gasteiger partial charge in [-0.3, -0.25) is 9.59 Å². The number of carbonyl (C=O) groups excluding carboxylic acids is 2. The summed E-state index contributed by atoms with van der Waals surface area (Å²) in [5.74, 6) is 0.175. The molecule has 0 bridgehead atoms. The highest BCUT2D eigenvalue weighted by Gasteiger charge is 2.35. The van der Waals surface area contributed by atoms with Crippen molar-refractivity contribution in [3.63, 3.8) is 0 Å². The lowest BCUT2D eigenvalue weighted by Gasteiger charge is -2.36. The molecule has 1 atom stereocenters. The van der Waals surface area contributed by atoms with Crippen LogP contribution in [0.3, 0.4) is 0 Å². The standard InChI is InChI=1S/C21H25N3O2S/c25-19-11-10-16(13-24(19)17-8-4-5-9-17)21(26)22-12-18-20(23-14-27-18)15-6-2-1-3-7-15/h1-3,6-7,14,16-17H,4-5,8-13H2,(H,22,26)/t16-/m0/s1. The van der Waals surface area contributed by atoms with Gasteiger partial charge in [-0.2, -0.15) is 0 Å². The van der Waals surface area contributed by atoms with Crippen molar-refractivity contribution in [2.75, 3.05) is 6.54 Å². The third kappa shape index (κ3) is 4.05. The van der Waals surface area contributed by atoms with Gasteiger partial charge in [-0.05, 0) is 19.3 Å². The van der Waals surface area contributed by atoms with Crippen molar-refractivity contribution < 1.29 is 9.59 Å². The van der Waals surface area contributed by atoms with Gasteiger partial charge in [0.05, 0.1) is 28.5 Å². The Hall–Kier alpha value is -2.21. The minimum absolute atomic E-state index is 0.0536. The third-order valence-electron chi connectivity index (χ3n) is 5.69. The average molecular weight is 384 g/mol. The highest BCUT2D eigenvalue weighted by Crippen LogP contribution is 2.29. The molecule has 2 amide bonds. The SMILES string of the molecule is O=C(NCc1scnc1-c1ccccc1)[C@H]1CCC(=O)N(C2CCCC2)C1. The van der Waals surface area contributed by atoms with E-state index >= 15 is 0 Å². The summed E-state index contributed by atoms with van der Waals surface area (Å²) in [6.45, 7) is 1.06. The molecule has 2 fully saturated rings. The zero-order valence-electron chi connectivity index (χ0n) is 15.4. The van der Waals surface area contributed by atoms with E-state index in [1.54, 1.807) is 11.3 Å². The van der Waals surface area contributed by atoms with Crippen LogP contribution in [0.2, 0.25) is 0 Å². The number of nitrogens with zero attached hydrogens (tertiary/aromatic N) is 2. The number of piperidine rings is 1. The van der Waals surface area contributed by atoms with Crippen LogP contribution in [0.25, 0.3) is 11.3 Å². The van der Waals surface area contributed by atoms with Crippen molar-refractivity contribution >= 4 is 23.2 Å². The number of benzene rings is 1. The molecule has 0 spiro atoms. The molecule has 2 heterocycles. The lowest BCUT2D eigenvalue weighted by molar-refractivity contribution is -0.140. The number of likely N-dealkylation sites (tertiary alicyclic amines) is 1. The maximum absolute atomic E-state index is 12.7. The molecule has 142 valence electrons. The highest BCUT2D eigenvalue weighted by atomic mass is 32.1. The zero-order valence-corrected chi connectivity index (χ0v) is 16.2. The molecular formula is C21H25N3O2S. The van der Waals surface area contributed by atoms with Gasteiger partial charge in [-0.15, -0.1) is 11.3 Å². The van der Waals surface area contributed by atoms with Crippen LogP contribution in [0.1, 0.15) is 43.4 Å². The first kappa shape index (κ1) is 18.2. The Kier molecular flexibility index (Phi) is 5.53. The molecule has 1 N–H and O–H groups in total. The second kappa shape index (κ2) is 8.21. The van der Waals surface area contributed by atoms with E-state index in [0.717, 1.165) is 29.0 Å². The molecule has 5 nitrogen and oxygen atoms in total. The van der Waals surface area contributed by atoms with E-state index in [1.807, 2.05) is 40.7 Å². The second-order valence-corrected chi connectivity index (χ2v) is 8.37. The summed E-state index contributed by atoms with van der Waals surface area (Å²) in [5, 5.41) is 3.08. The molecule has 2 aromatic rings. The monoisotopic (exact) mass is 383 g/mol. The Labute approximate surface area is 163 Å². The third-order valence-corrected chi connectivity index (χ3v) is 6.52. The number of nitrogens with one attached hydrogen (secondary N) is 1. The molecule has 0 unspecified atom stereocenters. The number of hydrogen-bond acceptors (Lipinski definition) is 4. The van der Waals surface area contributed by atoms with Crippen LogP contribution in [0, 0.1) is 5.92 Å². The van der Waals surface area contributed by atoms with Gasteiger partial charge >= 0.3 is 0 Å². The number of rotatable bonds is 5. The Balaban J connectivity index is 1.37. The summed E-state index contributed by atoms with van der Waals surface area (Å²) in [6.07, 6.45) is 5.70. The molecule has 6 heteroatoms. The van der Waals surface area contributed by atoms with Crippen LogP contribution in [0.15, 0.2) is 35.8 Å². The van der Waals surface area contributed by atoms with E-state index < -0.39 is 0 Å². The van der Waals surface area contributed by atoms with Crippen LogP contribution in [0.4, 0.5) is 0 Å². The topological polar surface area (TPSA) is 62.3 Å². The van der Waals surface area contributed by atoms with E-state index in [-0.39, 0.29) is 17.7 Å². The van der Waals surface area contributed by atoms with E-state index in [9.17, 15) is 9.59 Å². The fourth-order valence-electron chi connectivity index (χ4n) is 4.19. The van der Waals surface area contributed by atoms with E-state index in [1.165, 1.54) is 12.8 Å². The maximum Gasteiger partial charge on any atom is 0.225 e. The van der Waals surface area contributed by atoms with Gasteiger partial charge in [0.15, 0.2) is 0 Å². The zero-order chi connectivity index (χ0) is 18.6. The van der Waals surface area contributed by atoms with Crippen molar-refractivity contribution in [3.8, 4) is 11.3 Å². The minimum Gasteiger partial charge on any atom is -0.351 e. The molecule has 1 aliphatic carbocycles. The highest BCUT2D eigenvalue weighted by molar-refractivity contribution is 7.10. The van der Waals surface area contributed by atoms with Gasteiger partial charge in [-0.1, -0.05) is 43.2 Å². The van der Waals surface area contributed by atoms with Crippen molar-refractivity contribution in [2.24, 2.45) is 5.92 Å². The predicted molar refractivity (Wildman–Crippen MR) is 106 cm³/mol. The average Bonchev–Trinajstić information content (AvgIpc) is 3.39. The minimum atomic E-state index is -0.101. The van der Waals surface area contributed by atoms with Crippen LogP contribution in [0.5, 0.6) is 0 Å². The molecule has 4 rings (SSSR count). The van der Waals surface area contributed by atoms with Gasteiger partial charge in [-0.25, -0.2) is 4.98 Å². The van der Waals surface area contributed by atoms with Gasteiger partial charge in [0, 0.05) is 24.6 Å². The van der Waals surface area contributed by atoms with Crippen LogP contribution < -0.4 is 5.32 Å². The summed E-state index contributed by atoms with van der Waals surface area (Å²) in [4.78, 5) is 32.5. The van der Waals surface area contributed by atoms with Crippen molar-refractivity contribution in [1.82, 2.24) is 15.2 Å². The summed E-state index contributed by atoms with van der Waals surface area (Å²) in [7, 11) is 0. The summed E-state index contributed by atoms with van der Waals surface area (Å²) in [6, 6.07) is 10.4. The quantitative estimate of drug-likeness (QED) is 0.858. The van der Waals surface area contributed by atoms with Gasteiger partial charge in [0.1, 0.15) is 0 Å². The predicted octanol–water partition coefficient (Wildman–Crippen LogP) is 3.61. The van der Waals surface area contributed by atoms with Crippen molar-refractivity contribution in [3.05, 3.63) is 40.7 Å². The van der Waals surface area contributed by atoms with Gasteiger partial charge in [0.25, 0.3) is 0 Å². The number of aromatic nitrogens is 1. The van der Waals surface area contributed by atoms with Gasteiger partial charge < -0.3 is 10.2 Å². The van der Waals surface area contributed by atoms with Crippen molar-refractivity contribution in [1.29, 1.82) is 0 Å². The van der Waals surface area contributed by atoms with Gasteiger partial charge in [0.2, 0.25) is 11.8 Å². The number of thiazole rings is 1. The first-order valence-corrected chi connectivity index (χ1v) is 10.7. The molecule has 1 aromatic carbocycles. The first-order valence-electron chi connectivity index (χ1n) is 9.77. The number of hydrogen-bond donors (Lipinski definition) is 1. The molecule has 2 aliphatic rings. The number of carbonyl (C=O) groups is 2. The second-order valence-electron chi connectivity index (χ2n) is 7.43. The molecule has 1 aromatic heterocycles. The summed E-state index contributed by atoms with van der Waals surface area (Å²) in [5.41, 5.74) is 3.83. The molecule has 1 saturated heterocycles. The Morgan fingerprint density at radius 1 is 1.19 bits per heavy atom. The molecule has 0 radical (unpaired) electrons. The van der Waals surface area contributed by atoms with E-state index in [2.05, 4.69) is 10.3 Å². The smallest absolute Gasteiger partial charge is 0.225 e. The normalized spacial score (nSPS) is 20.8. The Morgan fingerprint density at radius 2 is 1.96 bits per heavy atom. The summed E-state index contributed by atoms with van der Waals surface area (Å²) >= 11 is 1.56. The van der Waals surface area contributed by atoms with Crippen LogP contribution in [-0.4, -0.2) is 34.3 Å². The van der Waals surface area contributed by atoms with E-state index in [0.29, 0.717) is 32.0 Å². The van der Waals surface area contributed by atoms with Crippen molar-refractivity contribution in [2.45, 2.75) is 51.1 Å². The first-order chi connectivity index (χ1) is 13.2. The van der Waals surface area contributed by atoms with Crippen LogP contribution in [-0.2, 0) is 16.1 Å².